The van der Waals surface area contributed by atoms with Gasteiger partial charge in [0.15, 0.2) is 0 Å². The number of hydrogen-bond acceptors (Lipinski definition) is 3. The molecule has 3 heteroatoms. The van der Waals surface area contributed by atoms with Crippen LogP contribution in [0, 0.1) is 0 Å². The molecule has 1 aliphatic heterocycles. The Labute approximate surface area is 183 Å². The first-order valence-electron chi connectivity index (χ1n) is 11.8. The zero-order valence-electron chi connectivity index (χ0n) is 19.8. The first-order chi connectivity index (χ1) is 14.2. The topological polar surface area (TPSA) is 19.4 Å². The molecule has 1 aromatic carbocycles. The van der Waals surface area contributed by atoms with Crippen molar-refractivity contribution >= 4 is 5.82 Å². The molecule has 0 radical (unpaired) electrons. The first kappa shape index (κ1) is 21.4. The smallest absolute Gasteiger partial charge is 0.129 e. The van der Waals surface area contributed by atoms with Crippen LogP contribution in [0.25, 0.3) is 11.3 Å². The molecule has 0 atom stereocenters. The van der Waals surface area contributed by atoms with Crippen LogP contribution in [-0.2, 0) is 10.8 Å². The number of benzene rings is 1. The number of aromatic nitrogens is 1. The Hall–Kier alpha value is -1.87. The minimum absolute atomic E-state index is 0.228. The minimum Gasteiger partial charge on any atom is -0.356 e. The van der Waals surface area contributed by atoms with E-state index in [1.54, 1.807) is 0 Å². The van der Waals surface area contributed by atoms with E-state index in [4.69, 9.17) is 4.98 Å². The fourth-order valence-corrected chi connectivity index (χ4v) is 5.30. The molecule has 4 rings (SSSR count). The van der Waals surface area contributed by atoms with Gasteiger partial charge in [0.1, 0.15) is 5.82 Å². The van der Waals surface area contributed by atoms with E-state index in [2.05, 4.69) is 87.9 Å². The lowest BCUT2D eigenvalue weighted by Crippen LogP contribution is -2.43. The summed E-state index contributed by atoms with van der Waals surface area (Å²) in [5, 5.41) is 0. The van der Waals surface area contributed by atoms with E-state index in [1.807, 2.05) is 0 Å². The molecule has 0 unspecified atom stereocenters. The van der Waals surface area contributed by atoms with Crippen LogP contribution in [0.4, 0.5) is 5.82 Å². The molecule has 0 amide bonds. The lowest BCUT2D eigenvalue weighted by Gasteiger charge is -2.42. The predicted octanol–water partition coefficient (Wildman–Crippen LogP) is 6.02. The van der Waals surface area contributed by atoms with E-state index in [1.165, 1.54) is 42.4 Å². The van der Waals surface area contributed by atoms with Crippen molar-refractivity contribution in [2.24, 2.45) is 0 Å². The van der Waals surface area contributed by atoms with E-state index >= 15 is 0 Å². The van der Waals surface area contributed by atoms with Gasteiger partial charge in [-0.3, -0.25) is 0 Å². The zero-order valence-corrected chi connectivity index (χ0v) is 19.8. The van der Waals surface area contributed by atoms with Crippen LogP contribution in [-0.4, -0.2) is 42.6 Å². The Balaban J connectivity index is 1.59. The Kier molecular flexibility index (Phi) is 5.69. The maximum absolute atomic E-state index is 5.10. The lowest BCUT2D eigenvalue weighted by molar-refractivity contribution is 0.217. The second kappa shape index (κ2) is 8.00. The van der Waals surface area contributed by atoms with Crippen molar-refractivity contribution in [3.63, 3.8) is 0 Å². The normalized spacial score (nSPS) is 21.0. The summed E-state index contributed by atoms with van der Waals surface area (Å²) in [6, 6.07) is 14.3. The van der Waals surface area contributed by atoms with Crippen LogP contribution in [0.3, 0.4) is 0 Å². The summed E-state index contributed by atoms with van der Waals surface area (Å²) < 4.78 is 0. The van der Waals surface area contributed by atoms with Crippen LogP contribution in [0.1, 0.15) is 71.4 Å². The van der Waals surface area contributed by atoms with Crippen LogP contribution in [0.2, 0.25) is 0 Å². The molecule has 1 aliphatic carbocycles. The first-order valence-corrected chi connectivity index (χ1v) is 11.8. The van der Waals surface area contributed by atoms with Crippen LogP contribution >= 0.6 is 0 Å². The number of rotatable bonds is 4. The van der Waals surface area contributed by atoms with Crippen molar-refractivity contribution in [3.8, 4) is 11.3 Å². The highest BCUT2D eigenvalue weighted by Crippen LogP contribution is 2.46. The van der Waals surface area contributed by atoms with E-state index in [0.29, 0.717) is 6.04 Å². The molecule has 1 saturated heterocycles. The average Bonchev–Trinajstić information content (AvgIpc) is 2.76. The highest BCUT2D eigenvalue weighted by atomic mass is 15.2. The monoisotopic (exact) mass is 405 g/mol. The fraction of sp³-hybridized carbons (Fsp3) is 0.593. The molecular weight excluding hydrogens is 366 g/mol. The van der Waals surface area contributed by atoms with Crippen molar-refractivity contribution in [2.45, 2.75) is 77.2 Å². The molecule has 1 fully saturated rings. The van der Waals surface area contributed by atoms with Gasteiger partial charge in [-0.2, -0.15) is 0 Å². The Morgan fingerprint density at radius 2 is 1.63 bits per heavy atom. The predicted molar refractivity (Wildman–Crippen MR) is 128 cm³/mol. The molecule has 0 bridgehead atoms. The molecular formula is C27H39N3. The van der Waals surface area contributed by atoms with Gasteiger partial charge in [0.2, 0.25) is 0 Å². The van der Waals surface area contributed by atoms with E-state index in [9.17, 15) is 0 Å². The fourth-order valence-electron chi connectivity index (χ4n) is 5.30. The quantitative estimate of drug-likeness (QED) is 0.620. The third kappa shape index (κ3) is 4.01. The maximum Gasteiger partial charge on any atom is 0.129 e. The summed E-state index contributed by atoms with van der Waals surface area (Å²) in [5.74, 6) is 1.13. The Morgan fingerprint density at radius 1 is 0.967 bits per heavy atom. The van der Waals surface area contributed by atoms with Crippen LogP contribution < -0.4 is 4.90 Å². The van der Waals surface area contributed by atoms with Crippen molar-refractivity contribution in [3.05, 3.63) is 47.5 Å². The van der Waals surface area contributed by atoms with Gasteiger partial charge >= 0.3 is 0 Å². The third-order valence-corrected chi connectivity index (χ3v) is 7.79. The second-order valence-electron chi connectivity index (χ2n) is 10.7. The number of hydrogen-bond donors (Lipinski definition) is 0. The van der Waals surface area contributed by atoms with Gasteiger partial charge < -0.3 is 9.80 Å². The molecule has 2 heterocycles. The molecule has 162 valence electrons. The number of anilines is 1. The number of nitrogens with zero attached hydrogens (tertiary/aromatic N) is 3. The van der Waals surface area contributed by atoms with Crippen molar-refractivity contribution in [1.29, 1.82) is 0 Å². The van der Waals surface area contributed by atoms with Crippen molar-refractivity contribution < 1.29 is 0 Å². The Morgan fingerprint density at radius 3 is 2.30 bits per heavy atom. The van der Waals surface area contributed by atoms with Gasteiger partial charge in [-0.15, -0.1) is 0 Å². The number of piperidine rings is 1. The highest BCUT2D eigenvalue weighted by molar-refractivity contribution is 5.65. The molecule has 2 aromatic rings. The molecule has 30 heavy (non-hydrogen) atoms. The minimum atomic E-state index is 0.228. The van der Waals surface area contributed by atoms with E-state index in [0.717, 1.165) is 31.1 Å². The average molecular weight is 406 g/mol. The van der Waals surface area contributed by atoms with Gasteiger partial charge in [-0.1, -0.05) is 52.8 Å². The van der Waals surface area contributed by atoms with Gasteiger partial charge in [0.05, 0.1) is 5.69 Å². The van der Waals surface area contributed by atoms with Crippen LogP contribution in [0.5, 0.6) is 0 Å². The SMILES string of the molecule is CCN(C)C1CCN(c2cccc(-c3ccc4c(c3)C(C)(C)CCC4(C)C)n2)CC1. The standard InChI is InChI=1S/C27H39N3/c1-7-29(6)21-13-17-30(18-14-21)25-10-8-9-24(28-25)20-11-12-22-23(19-20)27(4,5)16-15-26(22,2)3/h8-12,19,21H,7,13-18H2,1-6H3. The van der Waals surface area contributed by atoms with Crippen molar-refractivity contribution in [2.75, 3.05) is 31.6 Å². The second-order valence-corrected chi connectivity index (χ2v) is 10.7. The summed E-state index contributed by atoms with van der Waals surface area (Å²) in [4.78, 5) is 10.1. The molecule has 1 aromatic heterocycles. The van der Waals surface area contributed by atoms with Gasteiger partial charge in [-0.05, 0) is 79.4 Å². The largest absolute Gasteiger partial charge is 0.356 e. The summed E-state index contributed by atoms with van der Waals surface area (Å²) in [5.41, 5.74) is 5.86. The zero-order chi connectivity index (χ0) is 21.5. The lowest BCUT2D eigenvalue weighted by atomic mass is 9.63. The molecule has 0 saturated carbocycles. The number of pyridine rings is 1. The number of fused-ring (bicyclic) bond motifs is 1. The van der Waals surface area contributed by atoms with Crippen molar-refractivity contribution in [1.82, 2.24) is 9.88 Å². The Bertz CT molecular complexity index is 891. The highest BCUT2D eigenvalue weighted by Gasteiger charge is 2.37. The van der Waals surface area contributed by atoms with Gasteiger partial charge in [0.25, 0.3) is 0 Å². The molecule has 0 N–H and O–H groups in total. The maximum atomic E-state index is 5.10. The van der Waals surface area contributed by atoms with E-state index < -0.39 is 0 Å². The summed E-state index contributed by atoms with van der Waals surface area (Å²) in [6.07, 6.45) is 4.94. The summed E-state index contributed by atoms with van der Waals surface area (Å²) in [6.45, 7) is 15.1. The van der Waals surface area contributed by atoms with Gasteiger partial charge in [-0.25, -0.2) is 4.98 Å². The molecule has 2 aliphatic rings. The van der Waals surface area contributed by atoms with Crippen LogP contribution in [0.15, 0.2) is 36.4 Å². The third-order valence-electron chi connectivity index (χ3n) is 7.79. The molecule has 0 spiro atoms. The summed E-state index contributed by atoms with van der Waals surface area (Å²) >= 11 is 0. The molecule has 3 nitrogen and oxygen atoms in total. The van der Waals surface area contributed by atoms with Gasteiger partial charge in [0, 0.05) is 24.7 Å². The summed E-state index contributed by atoms with van der Waals surface area (Å²) in [7, 11) is 2.25. The van der Waals surface area contributed by atoms with E-state index in [-0.39, 0.29) is 10.8 Å².